The molecule has 4 aromatic rings. The molecule has 0 bridgehead atoms. The molecule has 0 aromatic heterocycles. The van der Waals surface area contributed by atoms with Gasteiger partial charge in [-0.2, -0.15) is 0 Å². The third kappa shape index (κ3) is 9.10. The quantitative estimate of drug-likeness (QED) is 0.162. The average Bonchev–Trinajstić information content (AvgIpc) is 3.02. The Labute approximate surface area is 256 Å². The summed E-state index contributed by atoms with van der Waals surface area (Å²) in [5.74, 6) is 0. The van der Waals surface area contributed by atoms with Crippen LogP contribution in [0.4, 0.5) is 0 Å². The molecule has 0 saturated carbocycles. The fourth-order valence-corrected chi connectivity index (χ4v) is 7.37. The van der Waals surface area contributed by atoms with Crippen LogP contribution in [0.15, 0.2) is 121 Å². The zero-order valence-electron chi connectivity index (χ0n) is 24.3. The van der Waals surface area contributed by atoms with Crippen molar-refractivity contribution >= 4 is 19.4 Å². The van der Waals surface area contributed by atoms with Gasteiger partial charge in [-0.05, 0) is 0 Å². The maximum atomic E-state index is 6.90. The molecule has 6 heteroatoms. The molecular formula is C36H40O5Se. The van der Waals surface area contributed by atoms with Crippen LogP contribution in [0.3, 0.4) is 0 Å². The standard InChI is InChI=1S/C36H40O5Se/c1-27(2)40-35-34(39-25-30-19-11-5-12-20-30)33(38-24-29-17-9-4-10-18-29)32(26-37-23-28-15-7-3-8-16-28)41-36(35)42-31-21-13-6-14-22-31/h3-22,27,32-36H,23-26H2,1-2H3/t32-,33-,34+,35+,36-/m1/s1. The fourth-order valence-electron chi connectivity index (χ4n) is 4.99. The van der Waals surface area contributed by atoms with Gasteiger partial charge in [-0.15, -0.1) is 0 Å². The van der Waals surface area contributed by atoms with E-state index in [0.29, 0.717) is 26.4 Å². The van der Waals surface area contributed by atoms with E-state index < -0.39 is 6.10 Å². The van der Waals surface area contributed by atoms with Gasteiger partial charge in [0.1, 0.15) is 0 Å². The van der Waals surface area contributed by atoms with Gasteiger partial charge in [0.15, 0.2) is 0 Å². The Morgan fingerprint density at radius 3 is 1.60 bits per heavy atom. The van der Waals surface area contributed by atoms with Gasteiger partial charge in [-0.1, -0.05) is 0 Å². The van der Waals surface area contributed by atoms with E-state index in [9.17, 15) is 0 Å². The Morgan fingerprint density at radius 2 is 1.07 bits per heavy atom. The van der Waals surface area contributed by atoms with Gasteiger partial charge in [-0.25, -0.2) is 0 Å². The first-order chi connectivity index (χ1) is 20.7. The van der Waals surface area contributed by atoms with E-state index in [0.717, 1.165) is 16.7 Å². The second kappa shape index (κ2) is 16.2. The van der Waals surface area contributed by atoms with E-state index in [1.165, 1.54) is 4.46 Å². The molecule has 4 aromatic carbocycles. The van der Waals surface area contributed by atoms with Crippen LogP contribution >= 0.6 is 0 Å². The molecule has 5 rings (SSSR count). The van der Waals surface area contributed by atoms with Crippen LogP contribution < -0.4 is 4.46 Å². The van der Waals surface area contributed by atoms with Gasteiger partial charge in [0.25, 0.3) is 0 Å². The normalized spacial score (nSPS) is 22.3. The number of benzene rings is 4. The van der Waals surface area contributed by atoms with Crippen LogP contribution in [0.25, 0.3) is 0 Å². The van der Waals surface area contributed by atoms with Gasteiger partial charge in [0.05, 0.1) is 0 Å². The molecule has 5 nitrogen and oxygen atoms in total. The summed E-state index contributed by atoms with van der Waals surface area (Å²) in [6, 6.07) is 41.2. The topological polar surface area (TPSA) is 46.2 Å². The van der Waals surface area contributed by atoms with E-state index in [-0.39, 0.29) is 44.4 Å². The molecule has 0 amide bonds. The van der Waals surface area contributed by atoms with E-state index in [2.05, 4.69) is 74.5 Å². The van der Waals surface area contributed by atoms with Crippen LogP contribution in [0, 0.1) is 0 Å². The molecule has 0 radical (unpaired) electrons. The second-order valence-electron chi connectivity index (χ2n) is 10.6. The summed E-state index contributed by atoms with van der Waals surface area (Å²) in [6.07, 6.45) is -1.39. The Bertz CT molecular complexity index is 1290. The van der Waals surface area contributed by atoms with Gasteiger partial charge >= 0.3 is 257 Å². The minimum absolute atomic E-state index is 0.00356. The van der Waals surface area contributed by atoms with Gasteiger partial charge in [0, 0.05) is 0 Å². The zero-order chi connectivity index (χ0) is 29.0. The molecule has 220 valence electrons. The predicted molar refractivity (Wildman–Crippen MR) is 167 cm³/mol. The van der Waals surface area contributed by atoms with E-state index in [4.69, 9.17) is 23.7 Å². The summed E-state index contributed by atoms with van der Waals surface area (Å²) in [7, 11) is 0. The first-order valence-electron chi connectivity index (χ1n) is 14.6. The van der Waals surface area contributed by atoms with Crippen molar-refractivity contribution in [2.24, 2.45) is 0 Å². The van der Waals surface area contributed by atoms with Crippen molar-refractivity contribution in [1.82, 2.24) is 0 Å². The molecular weight excluding hydrogens is 591 g/mol. The summed E-state index contributed by atoms with van der Waals surface area (Å²) >= 11 is -0.0166. The maximum absolute atomic E-state index is 6.90. The summed E-state index contributed by atoms with van der Waals surface area (Å²) in [4.78, 5) is 0. The van der Waals surface area contributed by atoms with Gasteiger partial charge in [-0.3, -0.25) is 0 Å². The van der Waals surface area contributed by atoms with Crippen molar-refractivity contribution in [2.75, 3.05) is 6.61 Å². The van der Waals surface area contributed by atoms with Crippen molar-refractivity contribution in [3.8, 4) is 0 Å². The van der Waals surface area contributed by atoms with Crippen molar-refractivity contribution in [3.05, 3.63) is 138 Å². The van der Waals surface area contributed by atoms with E-state index in [1.807, 2.05) is 60.7 Å². The Balaban J connectivity index is 1.43. The fraction of sp³-hybridized carbons (Fsp3) is 0.333. The molecule has 1 fully saturated rings. The summed E-state index contributed by atoms with van der Waals surface area (Å²) in [6.45, 7) is 5.91. The zero-order valence-corrected chi connectivity index (χ0v) is 26.0. The first kappa shape index (κ1) is 30.7. The number of hydrogen-bond acceptors (Lipinski definition) is 5. The SMILES string of the molecule is CC(C)O[C@H]1[C@@H](OCc2ccccc2)[C@H](OCc2ccccc2)[C@@H](COCc2ccccc2)O[C@@H]1[Se]c1ccccc1. The minimum atomic E-state index is -0.392. The molecule has 1 aliphatic rings. The Kier molecular flexibility index (Phi) is 11.8. The molecule has 42 heavy (non-hydrogen) atoms. The molecule has 0 unspecified atom stereocenters. The molecule has 0 spiro atoms. The predicted octanol–water partition coefficient (Wildman–Crippen LogP) is 5.92. The summed E-state index contributed by atoms with van der Waals surface area (Å²) in [5, 5.41) is -0.176. The summed E-state index contributed by atoms with van der Waals surface area (Å²) < 4.78 is 34.5. The number of ether oxygens (including phenoxy) is 5. The molecule has 1 aliphatic heterocycles. The number of rotatable bonds is 14. The van der Waals surface area contributed by atoms with Crippen molar-refractivity contribution in [2.45, 2.75) is 69.2 Å². The van der Waals surface area contributed by atoms with Crippen molar-refractivity contribution in [1.29, 1.82) is 0 Å². The van der Waals surface area contributed by atoms with Crippen LogP contribution in [0.2, 0.25) is 0 Å². The van der Waals surface area contributed by atoms with Crippen LogP contribution in [0.1, 0.15) is 30.5 Å². The van der Waals surface area contributed by atoms with Gasteiger partial charge in [0.2, 0.25) is 0 Å². The van der Waals surface area contributed by atoms with Crippen molar-refractivity contribution in [3.63, 3.8) is 0 Å². The van der Waals surface area contributed by atoms with Crippen molar-refractivity contribution < 1.29 is 23.7 Å². The molecule has 1 heterocycles. The summed E-state index contributed by atoms with van der Waals surface area (Å²) in [5.41, 5.74) is 3.33. The monoisotopic (exact) mass is 632 g/mol. The Hall–Kier alpha value is -2.80. The molecule has 0 N–H and O–H groups in total. The molecule has 1 saturated heterocycles. The van der Waals surface area contributed by atoms with Crippen LogP contribution in [0.5, 0.6) is 0 Å². The average molecular weight is 632 g/mol. The molecule has 0 aliphatic carbocycles. The number of hydrogen-bond donors (Lipinski definition) is 0. The van der Waals surface area contributed by atoms with E-state index >= 15 is 0 Å². The third-order valence-corrected chi connectivity index (χ3v) is 9.41. The third-order valence-electron chi connectivity index (χ3n) is 6.98. The first-order valence-corrected chi connectivity index (χ1v) is 16.5. The van der Waals surface area contributed by atoms with Crippen LogP contribution in [-0.4, -0.2) is 57.1 Å². The van der Waals surface area contributed by atoms with E-state index in [1.54, 1.807) is 0 Å². The molecule has 5 atom stereocenters. The second-order valence-corrected chi connectivity index (χ2v) is 13.1. The Morgan fingerprint density at radius 1 is 0.595 bits per heavy atom. The van der Waals surface area contributed by atoms with Gasteiger partial charge < -0.3 is 0 Å². The van der Waals surface area contributed by atoms with Crippen LogP contribution in [-0.2, 0) is 43.5 Å².